The van der Waals surface area contributed by atoms with Crippen LogP contribution in [-0.4, -0.2) is 46.8 Å². The average molecular weight is 358 g/mol. The van der Waals surface area contributed by atoms with E-state index in [0.29, 0.717) is 0 Å². The Bertz CT molecular complexity index is 585. The lowest BCUT2D eigenvalue weighted by atomic mass is 10.0. The molecule has 0 bridgehead atoms. The van der Waals surface area contributed by atoms with Crippen LogP contribution in [-0.2, 0) is 16.1 Å². The summed E-state index contributed by atoms with van der Waals surface area (Å²) in [6.07, 6.45) is -1.39. The minimum atomic E-state index is -3.09. The van der Waals surface area contributed by atoms with Gasteiger partial charge in [0.1, 0.15) is 6.04 Å². The summed E-state index contributed by atoms with van der Waals surface area (Å²) in [6.45, 7) is 2.97. The quantitative estimate of drug-likeness (QED) is 0.785. The van der Waals surface area contributed by atoms with E-state index in [9.17, 15) is 23.5 Å². The normalized spacial score (nSPS) is 12.8. The second kappa shape index (κ2) is 8.75. The fourth-order valence-electron chi connectivity index (χ4n) is 2.33. The molecule has 2 amide bonds. The molecule has 0 aliphatic rings. The Balaban J connectivity index is 2.91. The molecule has 0 radical (unpaired) electrons. The smallest absolute Gasteiger partial charge is 0.408 e. The van der Waals surface area contributed by atoms with Gasteiger partial charge in [0, 0.05) is 12.1 Å². The maximum absolute atomic E-state index is 12.4. The molecule has 0 saturated heterocycles. The number of ether oxygens (including phenoxy) is 1. The number of aryl methyl sites for hydroxylation is 1. The van der Waals surface area contributed by atoms with Crippen molar-refractivity contribution in [3.8, 4) is 0 Å². The van der Waals surface area contributed by atoms with Gasteiger partial charge in [0.2, 0.25) is 5.91 Å². The maximum Gasteiger partial charge on any atom is 0.408 e. The van der Waals surface area contributed by atoms with Crippen molar-refractivity contribution in [2.75, 3.05) is 6.61 Å². The Kier molecular flexibility index (Phi) is 7.29. The van der Waals surface area contributed by atoms with E-state index >= 15 is 0 Å². The number of benzene rings is 1. The zero-order chi connectivity index (χ0) is 19.2. The molecule has 1 aromatic carbocycles. The first-order valence-corrected chi connectivity index (χ1v) is 7.77. The van der Waals surface area contributed by atoms with E-state index in [1.54, 1.807) is 20.8 Å². The second-order valence-electron chi connectivity index (χ2n) is 6.64. The number of carbonyl (C=O) groups is 2. The third-order valence-electron chi connectivity index (χ3n) is 3.51. The van der Waals surface area contributed by atoms with Crippen LogP contribution in [0.3, 0.4) is 0 Å². The van der Waals surface area contributed by atoms with Crippen molar-refractivity contribution < 1.29 is 28.2 Å². The van der Waals surface area contributed by atoms with Crippen molar-refractivity contribution >= 4 is 12.0 Å². The van der Waals surface area contributed by atoms with Crippen LogP contribution in [0.15, 0.2) is 24.3 Å². The van der Waals surface area contributed by atoms with Crippen LogP contribution in [0.2, 0.25) is 0 Å². The number of amides is 2. The molecule has 0 aromatic heterocycles. The number of carbonyl (C=O) groups excluding carboxylic acids is 1. The van der Waals surface area contributed by atoms with E-state index in [-0.39, 0.29) is 6.54 Å². The van der Waals surface area contributed by atoms with Crippen molar-refractivity contribution in [3.05, 3.63) is 35.4 Å². The topological polar surface area (TPSA) is 78.9 Å². The summed E-state index contributed by atoms with van der Waals surface area (Å²) in [5, 5.41) is 12.0. The lowest BCUT2D eigenvalue weighted by Gasteiger charge is -2.38. The molecule has 140 valence electrons. The molecule has 0 aliphatic carbocycles. The first-order valence-electron chi connectivity index (χ1n) is 7.77. The summed E-state index contributed by atoms with van der Waals surface area (Å²) in [5.74, 6) is -0.696. The Morgan fingerprint density at radius 3 is 2.24 bits per heavy atom. The third kappa shape index (κ3) is 6.66. The van der Waals surface area contributed by atoms with Gasteiger partial charge < -0.3 is 15.2 Å². The predicted molar refractivity (Wildman–Crippen MR) is 88.4 cm³/mol. The van der Waals surface area contributed by atoms with Crippen LogP contribution >= 0.6 is 0 Å². The molecule has 0 aliphatic heterocycles. The molecule has 1 atom stereocenters. The summed E-state index contributed by atoms with van der Waals surface area (Å²) in [6, 6.07) is 5.99. The van der Waals surface area contributed by atoms with Crippen molar-refractivity contribution in [2.24, 2.45) is 0 Å². The molecule has 0 heterocycles. The molecule has 6 nitrogen and oxygen atoms in total. The van der Waals surface area contributed by atoms with E-state index in [2.05, 4.69) is 10.1 Å². The van der Waals surface area contributed by atoms with Crippen molar-refractivity contribution in [3.63, 3.8) is 0 Å². The third-order valence-corrected chi connectivity index (χ3v) is 3.51. The summed E-state index contributed by atoms with van der Waals surface area (Å²) < 4.78 is 29.0. The number of nitrogens with one attached hydrogen (secondary N) is 1. The number of hydrogen-bond acceptors (Lipinski definition) is 3. The van der Waals surface area contributed by atoms with Gasteiger partial charge in [-0.2, -0.15) is 8.78 Å². The number of alkyl halides is 2. The molecule has 0 saturated carbocycles. The van der Waals surface area contributed by atoms with Crippen molar-refractivity contribution in [2.45, 2.75) is 52.4 Å². The van der Waals surface area contributed by atoms with Crippen LogP contribution in [0.4, 0.5) is 13.6 Å². The molecule has 0 fully saturated rings. The minimum Gasteiger partial charge on any atom is -0.465 e. The molecular weight excluding hydrogens is 334 g/mol. The first-order chi connectivity index (χ1) is 11.5. The monoisotopic (exact) mass is 358 g/mol. The molecule has 8 heteroatoms. The zero-order valence-electron chi connectivity index (χ0n) is 14.8. The Labute approximate surface area is 145 Å². The fourth-order valence-corrected chi connectivity index (χ4v) is 2.33. The summed E-state index contributed by atoms with van der Waals surface area (Å²) >= 11 is 0. The van der Waals surface area contributed by atoms with Gasteiger partial charge in [-0.05, 0) is 33.3 Å². The molecule has 1 rings (SSSR count). The predicted octanol–water partition coefficient (Wildman–Crippen LogP) is 3.00. The van der Waals surface area contributed by atoms with Gasteiger partial charge in [-0.1, -0.05) is 29.8 Å². The molecule has 25 heavy (non-hydrogen) atoms. The van der Waals surface area contributed by atoms with Crippen LogP contribution in [0, 0.1) is 6.92 Å². The van der Waals surface area contributed by atoms with Crippen molar-refractivity contribution in [1.82, 2.24) is 10.2 Å². The summed E-state index contributed by atoms with van der Waals surface area (Å²) in [4.78, 5) is 24.8. The van der Waals surface area contributed by atoms with Crippen LogP contribution in [0.5, 0.6) is 0 Å². The Hall–Kier alpha value is -2.22. The minimum absolute atomic E-state index is 0.155. The van der Waals surface area contributed by atoms with Gasteiger partial charge in [0.15, 0.2) is 0 Å². The molecule has 0 spiro atoms. The van der Waals surface area contributed by atoms with Gasteiger partial charge in [-0.3, -0.25) is 9.69 Å². The molecule has 1 aromatic rings. The summed E-state index contributed by atoms with van der Waals surface area (Å²) in [5.41, 5.74) is 0.900. The van der Waals surface area contributed by atoms with Gasteiger partial charge in [-0.25, -0.2) is 4.79 Å². The lowest BCUT2D eigenvalue weighted by Crippen LogP contribution is -2.58. The molecule has 0 unspecified atom stereocenters. The number of nitrogens with zero attached hydrogens (tertiary/aromatic N) is 1. The van der Waals surface area contributed by atoms with Gasteiger partial charge >= 0.3 is 12.7 Å². The van der Waals surface area contributed by atoms with E-state index in [1.807, 2.05) is 31.2 Å². The molecule has 2 N–H and O–H groups in total. The van der Waals surface area contributed by atoms with Crippen LogP contribution in [0.25, 0.3) is 0 Å². The maximum atomic E-state index is 12.4. The highest BCUT2D eigenvalue weighted by molar-refractivity contribution is 5.85. The number of halogens is 2. The molecular formula is C17H24F2N2O4. The Morgan fingerprint density at radius 2 is 1.80 bits per heavy atom. The number of rotatable bonds is 7. The van der Waals surface area contributed by atoms with Gasteiger partial charge in [0.25, 0.3) is 0 Å². The highest BCUT2D eigenvalue weighted by Gasteiger charge is 2.38. The standard InChI is InChI=1S/C17H24F2N2O4/c1-11-5-7-12(8-6-11)9-20-14(22)13(10-25-15(18)19)21(16(23)24)17(2,3)4/h5-8,13,15H,9-10H2,1-4H3,(H,20,22)(H,23,24)/t13-/m1/s1. The highest BCUT2D eigenvalue weighted by Crippen LogP contribution is 2.19. The van der Waals surface area contributed by atoms with Crippen LogP contribution < -0.4 is 5.32 Å². The first kappa shape index (κ1) is 20.8. The van der Waals surface area contributed by atoms with Crippen LogP contribution in [0.1, 0.15) is 31.9 Å². The van der Waals surface area contributed by atoms with E-state index in [0.717, 1.165) is 16.0 Å². The summed E-state index contributed by atoms with van der Waals surface area (Å²) in [7, 11) is 0. The SMILES string of the molecule is Cc1ccc(CNC(=O)[C@@H](COC(F)F)N(C(=O)O)C(C)(C)C)cc1. The van der Waals surface area contributed by atoms with E-state index < -0.39 is 36.8 Å². The second-order valence-corrected chi connectivity index (χ2v) is 6.64. The Morgan fingerprint density at radius 1 is 1.24 bits per heavy atom. The van der Waals surface area contributed by atoms with Gasteiger partial charge in [-0.15, -0.1) is 0 Å². The van der Waals surface area contributed by atoms with Gasteiger partial charge in [0.05, 0.1) is 6.61 Å². The number of carboxylic acid groups (broad SMARTS) is 1. The van der Waals surface area contributed by atoms with E-state index in [4.69, 9.17) is 0 Å². The number of hydrogen-bond donors (Lipinski definition) is 2. The lowest BCUT2D eigenvalue weighted by molar-refractivity contribution is -0.153. The largest absolute Gasteiger partial charge is 0.465 e. The van der Waals surface area contributed by atoms with E-state index in [1.165, 1.54) is 0 Å². The van der Waals surface area contributed by atoms with Crippen molar-refractivity contribution in [1.29, 1.82) is 0 Å². The zero-order valence-corrected chi connectivity index (χ0v) is 14.8. The fraction of sp³-hybridized carbons (Fsp3) is 0.529. The average Bonchev–Trinajstić information content (AvgIpc) is 2.48. The highest BCUT2D eigenvalue weighted by atomic mass is 19.3.